The predicted molar refractivity (Wildman–Crippen MR) is 101 cm³/mol. The van der Waals surface area contributed by atoms with Crippen molar-refractivity contribution in [2.75, 3.05) is 25.3 Å². The summed E-state index contributed by atoms with van der Waals surface area (Å²) >= 11 is 1.37. The molecule has 1 aromatic heterocycles. The molecule has 0 bridgehead atoms. The number of methoxy groups -OCH3 is 2. The van der Waals surface area contributed by atoms with Gasteiger partial charge in [0, 0.05) is 18.5 Å². The van der Waals surface area contributed by atoms with Crippen molar-refractivity contribution in [2.24, 2.45) is 0 Å². The van der Waals surface area contributed by atoms with Crippen molar-refractivity contribution in [1.82, 2.24) is 14.8 Å². The molecule has 2 aromatic rings. The number of hydrogen-bond acceptors (Lipinski definition) is 6. The summed E-state index contributed by atoms with van der Waals surface area (Å²) in [6, 6.07) is 5.25. The van der Waals surface area contributed by atoms with E-state index in [4.69, 9.17) is 9.47 Å². The molecule has 0 saturated heterocycles. The molecule has 0 unspecified atom stereocenters. The molecule has 1 aliphatic carbocycles. The normalized spacial score (nSPS) is 13.3. The van der Waals surface area contributed by atoms with Crippen molar-refractivity contribution < 1.29 is 14.3 Å². The molecular formula is C18H22N4O3S. The highest BCUT2D eigenvalue weighted by molar-refractivity contribution is 7.99. The van der Waals surface area contributed by atoms with Crippen LogP contribution in [0.15, 0.2) is 36.0 Å². The van der Waals surface area contributed by atoms with Crippen LogP contribution in [0.25, 0.3) is 0 Å². The van der Waals surface area contributed by atoms with E-state index in [0.29, 0.717) is 29.6 Å². The summed E-state index contributed by atoms with van der Waals surface area (Å²) in [4.78, 5) is 12.3. The van der Waals surface area contributed by atoms with Crippen LogP contribution in [-0.4, -0.2) is 40.6 Å². The molecule has 26 heavy (non-hydrogen) atoms. The van der Waals surface area contributed by atoms with E-state index in [1.165, 1.54) is 11.8 Å². The molecule has 1 saturated carbocycles. The Kier molecular flexibility index (Phi) is 5.82. The fourth-order valence-electron chi connectivity index (χ4n) is 2.57. The van der Waals surface area contributed by atoms with Gasteiger partial charge in [0.1, 0.15) is 17.3 Å². The van der Waals surface area contributed by atoms with Crippen molar-refractivity contribution in [3.8, 4) is 11.5 Å². The number of anilines is 1. The van der Waals surface area contributed by atoms with Gasteiger partial charge in [0.2, 0.25) is 5.91 Å². The lowest BCUT2D eigenvalue weighted by molar-refractivity contribution is -0.113. The predicted octanol–water partition coefficient (Wildman–Crippen LogP) is 3.09. The van der Waals surface area contributed by atoms with Crippen molar-refractivity contribution in [3.63, 3.8) is 0 Å². The minimum Gasteiger partial charge on any atom is -0.497 e. The standard InChI is InChI=1S/C18H22N4O3S/c1-4-9-22-17(12-5-6-12)20-21-18(22)26-11-16(23)19-14-8-7-13(24-2)10-15(14)25-3/h4,7-8,10,12H,1,5-6,9,11H2,2-3H3,(H,19,23). The van der Waals surface area contributed by atoms with Gasteiger partial charge in [-0.15, -0.1) is 16.8 Å². The van der Waals surface area contributed by atoms with Crippen molar-refractivity contribution in [1.29, 1.82) is 0 Å². The van der Waals surface area contributed by atoms with Crippen LogP contribution in [0.4, 0.5) is 5.69 Å². The van der Waals surface area contributed by atoms with Crippen molar-refractivity contribution in [2.45, 2.75) is 30.5 Å². The summed E-state index contributed by atoms with van der Waals surface area (Å²) in [6.45, 7) is 4.44. The van der Waals surface area contributed by atoms with E-state index in [-0.39, 0.29) is 11.7 Å². The maximum Gasteiger partial charge on any atom is 0.234 e. The lowest BCUT2D eigenvalue weighted by Gasteiger charge is -2.11. The summed E-state index contributed by atoms with van der Waals surface area (Å²) in [7, 11) is 3.13. The molecule has 1 heterocycles. The van der Waals surface area contributed by atoms with Gasteiger partial charge in [-0.1, -0.05) is 17.8 Å². The number of carbonyl (C=O) groups is 1. The Morgan fingerprint density at radius 2 is 2.19 bits per heavy atom. The molecule has 1 amide bonds. The fraction of sp³-hybridized carbons (Fsp3) is 0.389. The Labute approximate surface area is 156 Å². The number of allylic oxidation sites excluding steroid dienone is 1. The van der Waals surface area contributed by atoms with Gasteiger partial charge in [-0.2, -0.15) is 0 Å². The quantitative estimate of drug-likeness (QED) is 0.537. The largest absolute Gasteiger partial charge is 0.497 e. The van der Waals surface area contributed by atoms with E-state index >= 15 is 0 Å². The summed E-state index contributed by atoms with van der Waals surface area (Å²) in [5, 5.41) is 12.1. The zero-order chi connectivity index (χ0) is 18.5. The Morgan fingerprint density at radius 3 is 2.85 bits per heavy atom. The van der Waals surface area contributed by atoms with Crippen molar-refractivity contribution >= 4 is 23.4 Å². The second kappa shape index (κ2) is 8.27. The molecule has 0 spiro atoms. The van der Waals surface area contributed by atoms with Crippen LogP contribution >= 0.6 is 11.8 Å². The molecule has 1 fully saturated rings. The van der Waals surface area contributed by atoms with E-state index in [9.17, 15) is 4.79 Å². The third-order valence-electron chi connectivity index (χ3n) is 4.01. The van der Waals surface area contributed by atoms with Crippen LogP contribution in [0, 0.1) is 0 Å². The lowest BCUT2D eigenvalue weighted by atomic mass is 10.2. The van der Waals surface area contributed by atoms with Crippen LogP contribution in [0.3, 0.4) is 0 Å². The lowest BCUT2D eigenvalue weighted by Crippen LogP contribution is -2.15. The number of rotatable bonds is 9. The van der Waals surface area contributed by atoms with E-state index < -0.39 is 0 Å². The van der Waals surface area contributed by atoms with E-state index in [2.05, 4.69) is 22.1 Å². The van der Waals surface area contributed by atoms with Gasteiger partial charge >= 0.3 is 0 Å². The number of aromatic nitrogens is 3. The molecule has 1 aliphatic rings. The van der Waals surface area contributed by atoms with Crippen LogP contribution in [0.2, 0.25) is 0 Å². The van der Waals surface area contributed by atoms with Crippen LogP contribution in [0.5, 0.6) is 11.5 Å². The first kappa shape index (κ1) is 18.3. The summed E-state index contributed by atoms with van der Waals surface area (Å²) in [5.41, 5.74) is 0.602. The average Bonchev–Trinajstić information content (AvgIpc) is 3.42. The highest BCUT2D eigenvalue weighted by Gasteiger charge is 2.30. The second-order valence-corrected chi connectivity index (χ2v) is 6.86. The Morgan fingerprint density at radius 1 is 1.38 bits per heavy atom. The van der Waals surface area contributed by atoms with Gasteiger partial charge in [0.15, 0.2) is 5.16 Å². The van der Waals surface area contributed by atoms with Gasteiger partial charge in [0.25, 0.3) is 0 Å². The van der Waals surface area contributed by atoms with Crippen LogP contribution in [-0.2, 0) is 11.3 Å². The molecule has 0 aliphatic heterocycles. The molecule has 0 atom stereocenters. The van der Waals surface area contributed by atoms with E-state index in [0.717, 1.165) is 23.8 Å². The first-order valence-electron chi connectivity index (χ1n) is 8.35. The van der Waals surface area contributed by atoms with E-state index in [1.54, 1.807) is 32.4 Å². The highest BCUT2D eigenvalue weighted by Crippen LogP contribution is 2.40. The van der Waals surface area contributed by atoms with Gasteiger partial charge in [-0.3, -0.25) is 4.79 Å². The Balaban J connectivity index is 1.63. The first-order valence-corrected chi connectivity index (χ1v) is 9.33. The Bertz CT molecular complexity index is 802. The SMILES string of the molecule is C=CCn1c(SCC(=O)Nc2ccc(OC)cc2OC)nnc1C1CC1. The second-order valence-electron chi connectivity index (χ2n) is 5.92. The third kappa shape index (κ3) is 4.19. The van der Waals surface area contributed by atoms with Gasteiger partial charge in [-0.05, 0) is 25.0 Å². The number of ether oxygens (including phenoxy) is 2. The molecule has 3 rings (SSSR count). The zero-order valence-electron chi connectivity index (χ0n) is 14.9. The molecule has 8 heteroatoms. The topological polar surface area (TPSA) is 78.3 Å². The molecule has 1 N–H and O–H groups in total. The number of amides is 1. The first-order chi connectivity index (χ1) is 12.7. The van der Waals surface area contributed by atoms with E-state index in [1.807, 2.05) is 10.6 Å². The molecular weight excluding hydrogens is 352 g/mol. The summed E-state index contributed by atoms with van der Waals surface area (Å²) in [6.07, 6.45) is 4.12. The summed E-state index contributed by atoms with van der Waals surface area (Å²) < 4.78 is 12.5. The monoisotopic (exact) mass is 374 g/mol. The number of benzene rings is 1. The maximum atomic E-state index is 12.3. The molecule has 0 radical (unpaired) electrons. The minimum atomic E-state index is -0.139. The molecule has 7 nitrogen and oxygen atoms in total. The fourth-order valence-corrected chi connectivity index (χ4v) is 3.32. The van der Waals surface area contributed by atoms with Crippen LogP contribution in [0.1, 0.15) is 24.6 Å². The number of thioether (sulfide) groups is 1. The number of nitrogens with zero attached hydrogens (tertiary/aromatic N) is 3. The maximum absolute atomic E-state index is 12.3. The molecule has 1 aromatic carbocycles. The number of nitrogens with one attached hydrogen (secondary N) is 1. The average molecular weight is 374 g/mol. The third-order valence-corrected chi connectivity index (χ3v) is 4.98. The highest BCUT2D eigenvalue weighted by atomic mass is 32.2. The van der Waals surface area contributed by atoms with Crippen molar-refractivity contribution in [3.05, 3.63) is 36.7 Å². The Hall–Kier alpha value is -2.48. The summed E-state index contributed by atoms with van der Waals surface area (Å²) in [5.74, 6) is 2.79. The number of carbonyl (C=O) groups excluding carboxylic acids is 1. The van der Waals surface area contributed by atoms with Crippen LogP contribution < -0.4 is 14.8 Å². The van der Waals surface area contributed by atoms with Gasteiger partial charge < -0.3 is 19.4 Å². The van der Waals surface area contributed by atoms with Gasteiger partial charge in [-0.25, -0.2) is 0 Å². The zero-order valence-corrected chi connectivity index (χ0v) is 15.7. The number of hydrogen-bond donors (Lipinski definition) is 1. The smallest absolute Gasteiger partial charge is 0.234 e. The van der Waals surface area contributed by atoms with Gasteiger partial charge in [0.05, 0.1) is 25.7 Å². The minimum absolute atomic E-state index is 0.139. The molecule has 138 valence electrons.